The standard InChI is InChI=1S/C19H22N2O3/c1-11-5-7-14(9-12(11)2)21-18(17(20)19(21)22)13-6-8-15(23-3)16(10-13)24-4/h5-10,17-18H,20H2,1-4H3/t17-,18-/m0/s1. The van der Waals surface area contributed by atoms with Crippen molar-refractivity contribution in [3.8, 4) is 11.5 Å². The monoisotopic (exact) mass is 326 g/mol. The fourth-order valence-electron chi connectivity index (χ4n) is 3.07. The highest BCUT2D eigenvalue weighted by Gasteiger charge is 2.46. The fraction of sp³-hybridized carbons (Fsp3) is 0.316. The van der Waals surface area contributed by atoms with Crippen molar-refractivity contribution in [2.24, 2.45) is 5.73 Å². The molecule has 5 nitrogen and oxygen atoms in total. The number of hydrogen-bond acceptors (Lipinski definition) is 4. The molecule has 1 amide bonds. The van der Waals surface area contributed by atoms with Gasteiger partial charge in [0, 0.05) is 5.69 Å². The molecule has 0 aromatic heterocycles. The summed E-state index contributed by atoms with van der Waals surface area (Å²) in [6.45, 7) is 4.09. The maximum Gasteiger partial charge on any atom is 0.247 e. The van der Waals surface area contributed by atoms with Gasteiger partial charge in [-0.25, -0.2) is 0 Å². The molecule has 1 heterocycles. The van der Waals surface area contributed by atoms with Crippen LogP contribution >= 0.6 is 0 Å². The number of amides is 1. The molecule has 0 unspecified atom stereocenters. The van der Waals surface area contributed by atoms with Crippen molar-refractivity contribution in [2.75, 3.05) is 19.1 Å². The third-order valence-electron chi connectivity index (χ3n) is 4.66. The van der Waals surface area contributed by atoms with Crippen molar-refractivity contribution in [1.29, 1.82) is 0 Å². The number of aryl methyl sites for hydroxylation is 2. The Morgan fingerprint density at radius 1 is 0.958 bits per heavy atom. The van der Waals surface area contributed by atoms with E-state index in [0.29, 0.717) is 11.5 Å². The summed E-state index contributed by atoms with van der Waals surface area (Å²) in [4.78, 5) is 14.1. The van der Waals surface area contributed by atoms with Crippen LogP contribution in [0.25, 0.3) is 0 Å². The molecule has 1 aliphatic heterocycles. The average Bonchev–Trinajstić information content (AvgIpc) is 2.60. The Hall–Kier alpha value is -2.53. The Kier molecular flexibility index (Phi) is 4.20. The number of benzene rings is 2. The highest BCUT2D eigenvalue weighted by Crippen LogP contribution is 2.41. The minimum Gasteiger partial charge on any atom is -0.493 e. The number of anilines is 1. The third-order valence-corrected chi connectivity index (χ3v) is 4.66. The Labute approximate surface area is 142 Å². The highest BCUT2D eigenvalue weighted by atomic mass is 16.5. The van der Waals surface area contributed by atoms with Gasteiger partial charge in [-0.05, 0) is 54.8 Å². The van der Waals surface area contributed by atoms with Crippen LogP contribution < -0.4 is 20.1 Å². The van der Waals surface area contributed by atoms with Gasteiger partial charge in [-0.1, -0.05) is 12.1 Å². The first-order valence-corrected chi connectivity index (χ1v) is 7.85. The van der Waals surface area contributed by atoms with Crippen molar-refractivity contribution in [2.45, 2.75) is 25.9 Å². The van der Waals surface area contributed by atoms with E-state index in [1.54, 1.807) is 19.1 Å². The number of ether oxygens (including phenoxy) is 2. The van der Waals surface area contributed by atoms with Crippen LogP contribution in [0.15, 0.2) is 36.4 Å². The molecule has 1 saturated heterocycles. The molecule has 0 bridgehead atoms. The number of β-lactam (4-membered cyclic amide) rings is 1. The SMILES string of the molecule is COc1ccc([C@H]2[C@H](N)C(=O)N2c2ccc(C)c(C)c2)cc1OC. The summed E-state index contributed by atoms with van der Waals surface area (Å²) in [5.41, 5.74) is 10.2. The van der Waals surface area contributed by atoms with E-state index in [0.717, 1.165) is 16.8 Å². The predicted molar refractivity (Wildman–Crippen MR) is 93.7 cm³/mol. The summed E-state index contributed by atoms with van der Waals surface area (Å²) in [5, 5.41) is 0. The Bertz CT molecular complexity index is 788. The predicted octanol–water partition coefficient (Wildman–Crippen LogP) is 2.74. The Balaban J connectivity index is 1.99. The van der Waals surface area contributed by atoms with Gasteiger partial charge in [0.1, 0.15) is 6.04 Å². The molecule has 2 aromatic rings. The Morgan fingerprint density at radius 2 is 1.67 bits per heavy atom. The van der Waals surface area contributed by atoms with Crippen molar-refractivity contribution >= 4 is 11.6 Å². The molecule has 5 heteroatoms. The zero-order valence-corrected chi connectivity index (χ0v) is 14.4. The van der Waals surface area contributed by atoms with Crippen LogP contribution in [-0.2, 0) is 4.79 Å². The van der Waals surface area contributed by atoms with Gasteiger partial charge in [-0.2, -0.15) is 0 Å². The van der Waals surface area contributed by atoms with Crippen LogP contribution in [0.2, 0.25) is 0 Å². The second kappa shape index (κ2) is 6.17. The van der Waals surface area contributed by atoms with E-state index in [1.807, 2.05) is 43.3 Å². The molecule has 2 aromatic carbocycles. The number of nitrogens with zero attached hydrogens (tertiary/aromatic N) is 1. The van der Waals surface area contributed by atoms with E-state index < -0.39 is 6.04 Å². The molecule has 126 valence electrons. The lowest BCUT2D eigenvalue weighted by molar-refractivity contribution is -0.126. The molecule has 0 saturated carbocycles. The summed E-state index contributed by atoms with van der Waals surface area (Å²) in [6, 6.07) is 10.9. The van der Waals surface area contributed by atoms with Crippen LogP contribution in [-0.4, -0.2) is 26.2 Å². The van der Waals surface area contributed by atoms with Gasteiger partial charge in [0.2, 0.25) is 5.91 Å². The van der Waals surface area contributed by atoms with Gasteiger partial charge >= 0.3 is 0 Å². The van der Waals surface area contributed by atoms with E-state index >= 15 is 0 Å². The van der Waals surface area contributed by atoms with Crippen LogP contribution in [0, 0.1) is 13.8 Å². The first kappa shape index (κ1) is 16.3. The second-order valence-corrected chi connectivity index (χ2v) is 6.06. The van der Waals surface area contributed by atoms with Gasteiger partial charge in [-0.15, -0.1) is 0 Å². The van der Waals surface area contributed by atoms with E-state index in [-0.39, 0.29) is 11.9 Å². The minimum absolute atomic E-state index is 0.0713. The normalized spacial score (nSPS) is 19.9. The molecule has 1 aliphatic rings. The number of hydrogen-bond donors (Lipinski definition) is 1. The topological polar surface area (TPSA) is 64.8 Å². The zero-order chi connectivity index (χ0) is 17.4. The number of methoxy groups -OCH3 is 2. The largest absolute Gasteiger partial charge is 0.493 e. The number of nitrogens with two attached hydrogens (primary N) is 1. The third kappa shape index (κ3) is 2.51. The van der Waals surface area contributed by atoms with Crippen LogP contribution in [0.1, 0.15) is 22.7 Å². The number of carbonyl (C=O) groups excluding carboxylic acids is 1. The van der Waals surface area contributed by atoms with Crippen molar-refractivity contribution in [1.82, 2.24) is 0 Å². The maximum absolute atomic E-state index is 12.4. The maximum atomic E-state index is 12.4. The zero-order valence-electron chi connectivity index (χ0n) is 14.4. The smallest absolute Gasteiger partial charge is 0.247 e. The van der Waals surface area contributed by atoms with E-state index in [9.17, 15) is 4.79 Å². The van der Waals surface area contributed by atoms with Crippen molar-refractivity contribution < 1.29 is 14.3 Å². The van der Waals surface area contributed by atoms with E-state index in [4.69, 9.17) is 15.2 Å². The molecular weight excluding hydrogens is 304 g/mol. The molecule has 2 atom stereocenters. The fourth-order valence-corrected chi connectivity index (χ4v) is 3.07. The lowest BCUT2D eigenvalue weighted by atomic mass is 9.88. The van der Waals surface area contributed by atoms with Gasteiger partial charge in [0.25, 0.3) is 0 Å². The van der Waals surface area contributed by atoms with E-state index in [1.165, 1.54) is 5.56 Å². The molecule has 24 heavy (non-hydrogen) atoms. The van der Waals surface area contributed by atoms with Gasteiger partial charge in [0.05, 0.1) is 20.3 Å². The summed E-state index contributed by atoms with van der Waals surface area (Å²) in [5.74, 6) is 1.21. The molecular formula is C19H22N2O3. The molecule has 1 fully saturated rings. The molecule has 0 radical (unpaired) electrons. The summed E-state index contributed by atoms with van der Waals surface area (Å²) in [6.07, 6.45) is 0. The highest BCUT2D eigenvalue weighted by molar-refractivity contribution is 6.05. The summed E-state index contributed by atoms with van der Waals surface area (Å²) < 4.78 is 10.6. The van der Waals surface area contributed by atoms with Gasteiger partial charge in [0.15, 0.2) is 11.5 Å². The number of rotatable bonds is 4. The summed E-state index contributed by atoms with van der Waals surface area (Å²) in [7, 11) is 3.19. The van der Waals surface area contributed by atoms with Crippen LogP contribution in [0.5, 0.6) is 11.5 Å². The molecule has 2 N–H and O–H groups in total. The Morgan fingerprint density at radius 3 is 2.29 bits per heavy atom. The van der Waals surface area contributed by atoms with E-state index in [2.05, 4.69) is 6.92 Å². The van der Waals surface area contributed by atoms with Gasteiger partial charge < -0.3 is 20.1 Å². The first-order valence-electron chi connectivity index (χ1n) is 7.85. The van der Waals surface area contributed by atoms with Gasteiger partial charge in [-0.3, -0.25) is 4.79 Å². The van der Waals surface area contributed by atoms with Crippen LogP contribution in [0.4, 0.5) is 5.69 Å². The second-order valence-electron chi connectivity index (χ2n) is 6.06. The molecule has 3 rings (SSSR count). The first-order chi connectivity index (χ1) is 11.5. The van der Waals surface area contributed by atoms with Crippen LogP contribution in [0.3, 0.4) is 0 Å². The quantitative estimate of drug-likeness (QED) is 0.878. The average molecular weight is 326 g/mol. The van der Waals surface area contributed by atoms with Crippen molar-refractivity contribution in [3.05, 3.63) is 53.1 Å². The van der Waals surface area contributed by atoms with Crippen molar-refractivity contribution in [3.63, 3.8) is 0 Å². The lowest BCUT2D eigenvalue weighted by Crippen LogP contribution is -2.63. The lowest BCUT2D eigenvalue weighted by Gasteiger charge is -2.45. The molecule has 0 aliphatic carbocycles. The minimum atomic E-state index is -0.551. The number of carbonyl (C=O) groups is 1. The molecule has 0 spiro atoms. The summed E-state index contributed by atoms with van der Waals surface area (Å²) >= 11 is 0.